The van der Waals surface area contributed by atoms with Crippen LogP contribution in [0.25, 0.3) is 0 Å². The molecule has 0 bridgehead atoms. The van der Waals surface area contributed by atoms with E-state index >= 15 is 0 Å². The summed E-state index contributed by atoms with van der Waals surface area (Å²) < 4.78 is 12.9. The van der Waals surface area contributed by atoms with Crippen LogP contribution in [0.4, 0.5) is 15.8 Å². The Balaban J connectivity index is 1.76. The van der Waals surface area contributed by atoms with Crippen molar-refractivity contribution in [3.05, 3.63) is 24.0 Å². The number of rotatable bonds is 4. The molecule has 86 valence electrons. The summed E-state index contributed by atoms with van der Waals surface area (Å²) in [5.41, 5.74) is 7.22. The lowest BCUT2D eigenvalue weighted by Gasteiger charge is -2.20. The average Bonchev–Trinajstić information content (AvgIpc) is 3.11. The lowest BCUT2D eigenvalue weighted by atomic mass is 10.1. The van der Waals surface area contributed by atoms with E-state index in [0.29, 0.717) is 11.7 Å². The number of hydrogen-bond acceptors (Lipinski definition) is 2. The summed E-state index contributed by atoms with van der Waals surface area (Å²) in [6.07, 6.45) is 5.31. The van der Waals surface area contributed by atoms with Gasteiger partial charge in [0.2, 0.25) is 0 Å². The van der Waals surface area contributed by atoms with Crippen LogP contribution < -0.4 is 11.1 Å². The molecule has 0 aliphatic heterocycles. The molecule has 1 aromatic rings. The van der Waals surface area contributed by atoms with Crippen molar-refractivity contribution in [3.8, 4) is 0 Å². The van der Waals surface area contributed by atoms with Gasteiger partial charge in [0.05, 0.1) is 11.4 Å². The van der Waals surface area contributed by atoms with Crippen molar-refractivity contribution >= 4 is 11.4 Å². The first-order valence-corrected chi connectivity index (χ1v) is 6.05. The van der Waals surface area contributed by atoms with E-state index in [9.17, 15) is 4.39 Å². The normalized spacial score (nSPS) is 20.1. The molecule has 0 aromatic heterocycles. The molecule has 2 aliphatic rings. The van der Waals surface area contributed by atoms with Gasteiger partial charge < -0.3 is 11.1 Å². The molecule has 0 spiro atoms. The van der Waals surface area contributed by atoms with Gasteiger partial charge in [-0.3, -0.25) is 0 Å². The Morgan fingerprint density at radius 2 is 1.81 bits per heavy atom. The molecule has 16 heavy (non-hydrogen) atoms. The Bertz CT molecular complexity index is 385. The van der Waals surface area contributed by atoms with Crippen molar-refractivity contribution in [2.45, 2.75) is 31.7 Å². The van der Waals surface area contributed by atoms with Crippen molar-refractivity contribution in [2.75, 3.05) is 11.1 Å². The number of nitrogens with one attached hydrogen (secondary N) is 1. The molecule has 2 fully saturated rings. The molecule has 0 atom stereocenters. The van der Waals surface area contributed by atoms with E-state index in [-0.39, 0.29) is 5.82 Å². The summed E-state index contributed by atoms with van der Waals surface area (Å²) in [7, 11) is 0. The fourth-order valence-electron chi connectivity index (χ4n) is 2.38. The van der Waals surface area contributed by atoms with Crippen molar-refractivity contribution in [1.29, 1.82) is 0 Å². The summed E-state index contributed by atoms with van der Waals surface area (Å²) in [6, 6.07) is 5.17. The third-order valence-electron chi connectivity index (χ3n) is 3.60. The number of anilines is 2. The number of hydrogen-bond donors (Lipinski definition) is 2. The van der Waals surface area contributed by atoms with Crippen LogP contribution in [0.1, 0.15) is 25.7 Å². The number of nitrogens with two attached hydrogens (primary N) is 1. The Labute approximate surface area is 95.0 Å². The highest BCUT2D eigenvalue weighted by Gasteiger charge is 2.41. The monoisotopic (exact) mass is 220 g/mol. The number of nitrogen functional groups attached to an aromatic ring is 1. The third-order valence-corrected chi connectivity index (χ3v) is 3.60. The quantitative estimate of drug-likeness (QED) is 0.765. The third kappa shape index (κ3) is 1.99. The predicted molar refractivity (Wildman–Crippen MR) is 63.7 cm³/mol. The first kappa shape index (κ1) is 9.94. The first-order chi connectivity index (χ1) is 7.74. The Morgan fingerprint density at radius 1 is 1.19 bits per heavy atom. The molecule has 3 rings (SSSR count). The van der Waals surface area contributed by atoms with E-state index in [2.05, 4.69) is 5.32 Å². The molecule has 3 heteroatoms. The second kappa shape index (κ2) is 3.65. The van der Waals surface area contributed by atoms with Crippen LogP contribution in [0.5, 0.6) is 0 Å². The lowest BCUT2D eigenvalue weighted by Crippen LogP contribution is -2.24. The maximum atomic E-state index is 12.9. The predicted octanol–water partition coefficient (Wildman–Crippen LogP) is 3.01. The molecule has 0 amide bonds. The van der Waals surface area contributed by atoms with Gasteiger partial charge >= 0.3 is 0 Å². The van der Waals surface area contributed by atoms with E-state index in [1.807, 2.05) is 0 Å². The minimum Gasteiger partial charge on any atom is -0.397 e. The highest BCUT2D eigenvalue weighted by Crippen LogP contribution is 2.46. The fourth-order valence-corrected chi connectivity index (χ4v) is 2.38. The summed E-state index contributed by atoms with van der Waals surface area (Å²) in [4.78, 5) is 0. The van der Waals surface area contributed by atoms with Gasteiger partial charge in [0.25, 0.3) is 0 Å². The van der Waals surface area contributed by atoms with Gasteiger partial charge in [0.15, 0.2) is 0 Å². The van der Waals surface area contributed by atoms with Gasteiger partial charge in [0, 0.05) is 6.04 Å². The number of benzene rings is 1. The second-order valence-electron chi connectivity index (χ2n) is 5.08. The molecule has 2 saturated carbocycles. The van der Waals surface area contributed by atoms with Crippen LogP contribution >= 0.6 is 0 Å². The second-order valence-corrected chi connectivity index (χ2v) is 5.08. The molecule has 3 N–H and O–H groups in total. The van der Waals surface area contributed by atoms with Gasteiger partial charge in [-0.2, -0.15) is 0 Å². The standard InChI is InChI=1S/C13H17FN2/c14-10-5-6-12(11(15)7-10)16-13(8-1-2-8)9-3-4-9/h5-9,13,16H,1-4,15H2. The maximum Gasteiger partial charge on any atom is 0.125 e. The highest BCUT2D eigenvalue weighted by atomic mass is 19.1. The van der Waals surface area contributed by atoms with Gasteiger partial charge in [0.1, 0.15) is 5.82 Å². The summed E-state index contributed by atoms with van der Waals surface area (Å²) in [6.45, 7) is 0. The molecule has 1 aromatic carbocycles. The molecule has 2 nitrogen and oxygen atoms in total. The van der Waals surface area contributed by atoms with Crippen molar-refractivity contribution in [3.63, 3.8) is 0 Å². The van der Waals surface area contributed by atoms with E-state index < -0.39 is 0 Å². The molecule has 0 radical (unpaired) electrons. The Hall–Kier alpha value is -1.25. The Kier molecular flexibility index (Phi) is 2.27. The van der Waals surface area contributed by atoms with Gasteiger partial charge in [-0.05, 0) is 55.7 Å². The van der Waals surface area contributed by atoms with Crippen LogP contribution in [0.3, 0.4) is 0 Å². The van der Waals surface area contributed by atoms with Crippen molar-refractivity contribution < 1.29 is 4.39 Å². The van der Waals surface area contributed by atoms with Crippen LogP contribution in [-0.4, -0.2) is 6.04 Å². The van der Waals surface area contributed by atoms with E-state index in [0.717, 1.165) is 17.5 Å². The van der Waals surface area contributed by atoms with Crippen molar-refractivity contribution in [2.24, 2.45) is 11.8 Å². The van der Waals surface area contributed by atoms with E-state index in [1.165, 1.54) is 37.8 Å². The zero-order valence-electron chi connectivity index (χ0n) is 9.25. The first-order valence-electron chi connectivity index (χ1n) is 6.05. The topological polar surface area (TPSA) is 38.0 Å². The van der Waals surface area contributed by atoms with Crippen LogP contribution in [0, 0.1) is 17.7 Å². The molecular weight excluding hydrogens is 203 g/mol. The van der Waals surface area contributed by atoms with Crippen LogP contribution in [0.2, 0.25) is 0 Å². The molecule has 0 saturated heterocycles. The summed E-state index contributed by atoms with van der Waals surface area (Å²) >= 11 is 0. The highest BCUT2D eigenvalue weighted by molar-refractivity contribution is 5.66. The van der Waals surface area contributed by atoms with Crippen LogP contribution in [0.15, 0.2) is 18.2 Å². The van der Waals surface area contributed by atoms with E-state index in [4.69, 9.17) is 5.73 Å². The Morgan fingerprint density at radius 3 is 2.31 bits per heavy atom. The lowest BCUT2D eigenvalue weighted by molar-refractivity contribution is 0.567. The summed E-state index contributed by atoms with van der Waals surface area (Å²) in [5.74, 6) is 1.37. The molecular formula is C13H17FN2. The largest absolute Gasteiger partial charge is 0.397 e. The minimum atomic E-state index is -0.266. The molecule has 2 aliphatic carbocycles. The molecule has 0 heterocycles. The van der Waals surface area contributed by atoms with Crippen molar-refractivity contribution in [1.82, 2.24) is 0 Å². The number of halogens is 1. The summed E-state index contributed by atoms with van der Waals surface area (Å²) in [5, 5.41) is 3.51. The van der Waals surface area contributed by atoms with Gasteiger partial charge in [-0.25, -0.2) is 4.39 Å². The zero-order valence-corrected chi connectivity index (χ0v) is 9.25. The van der Waals surface area contributed by atoms with Crippen LogP contribution in [-0.2, 0) is 0 Å². The van der Waals surface area contributed by atoms with Gasteiger partial charge in [-0.15, -0.1) is 0 Å². The SMILES string of the molecule is Nc1cc(F)ccc1NC(C1CC1)C1CC1. The zero-order chi connectivity index (χ0) is 11.1. The maximum absolute atomic E-state index is 12.9. The van der Waals surface area contributed by atoms with Gasteiger partial charge in [-0.1, -0.05) is 0 Å². The fraction of sp³-hybridized carbons (Fsp3) is 0.538. The smallest absolute Gasteiger partial charge is 0.125 e. The molecule has 0 unspecified atom stereocenters. The minimum absolute atomic E-state index is 0.266. The average molecular weight is 220 g/mol. The van der Waals surface area contributed by atoms with E-state index in [1.54, 1.807) is 6.07 Å².